The molecule has 2 heterocycles. The number of ketones is 2. The second-order valence-corrected chi connectivity index (χ2v) is 11.2. The Labute approximate surface area is 224 Å². The largest absolute Gasteiger partial charge is 0.508 e. The first-order valence-electron chi connectivity index (χ1n) is 13.6. The minimum Gasteiger partial charge on any atom is -0.508 e. The third-order valence-corrected chi connectivity index (χ3v) is 9.14. The van der Waals surface area contributed by atoms with E-state index in [2.05, 4.69) is 10.2 Å². The van der Waals surface area contributed by atoms with Gasteiger partial charge in [-0.05, 0) is 62.1 Å². The fraction of sp³-hybridized carbons (Fsp3) is 0.536. The van der Waals surface area contributed by atoms with Crippen molar-refractivity contribution in [1.82, 2.24) is 5.32 Å². The first-order valence-corrected chi connectivity index (χ1v) is 13.6. The highest BCUT2D eigenvalue weighted by molar-refractivity contribution is 6.24. The van der Waals surface area contributed by atoms with Crippen LogP contribution in [0.25, 0.3) is 5.76 Å². The fourth-order valence-electron chi connectivity index (χ4n) is 7.23. The molecule has 1 amide bonds. The highest BCUT2D eigenvalue weighted by Crippen LogP contribution is 2.53. The number of aromatic hydroxyl groups is 1. The monoisotopic (exact) mass is 539 g/mol. The summed E-state index contributed by atoms with van der Waals surface area (Å²) in [5.74, 6) is -6.47. The number of Topliss-reactive ketones (excluding diaryl/α,β-unsaturated/α-hetero) is 2. The molecular formula is C28H33N3O8. The van der Waals surface area contributed by atoms with Crippen LogP contribution in [0.5, 0.6) is 5.75 Å². The number of carbonyl (C=O) groups excluding carboxylic acids is 3. The summed E-state index contributed by atoms with van der Waals surface area (Å²) in [6.45, 7) is 2.61. The molecule has 39 heavy (non-hydrogen) atoms. The highest BCUT2D eigenvalue weighted by atomic mass is 16.5. The summed E-state index contributed by atoms with van der Waals surface area (Å²) in [4.78, 5) is 42.0. The number of hydrogen-bond acceptors (Lipinski definition) is 10. The van der Waals surface area contributed by atoms with Crippen LogP contribution in [0, 0.1) is 11.8 Å². The van der Waals surface area contributed by atoms with Crippen LogP contribution >= 0.6 is 0 Å². The van der Waals surface area contributed by atoms with Gasteiger partial charge in [0, 0.05) is 49.5 Å². The second kappa shape index (κ2) is 9.35. The Morgan fingerprint density at radius 3 is 2.46 bits per heavy atom. The fourth-order valence-corrected chi connectivity index (χ4v) is 7.23. The number of phenolic OH excluding ortho intramolecular Hbond substituents is 1. The number of rotatable bonds is 4. The van der Waals surface area contributed by atoms with Gasteiger partial charge < -0.3 is 41.1 Å². The third-order valence-electron chi connectivity index (χ3n) is 9.14. The van der Waals surface area contributed by atoms with Crippen LogP contribution in [0.2, 0.25) is 0 Å². The highest BCUT2D eigenvalue weighted by Gasteiger charge is 2.64. The van der Waals surface area contributed by atoms with E-state index in [0.29, 0.717) is 38.0 Å². The number of ether oxygens (including phenoxy) is 1. The topological polar surface area (TPSA) is 183 Å². The lowest BCUT2D eigenvalue weighted by molar-refractivity contribution is -0.150. The van der Waals surface area contributed by atoms with Crippen LogP contribution in [0.1, 0.15) is 43.2 Å². The van der Waals surface area contributed by atoms with Crippen molar-refractivity contribution in [3.8, 4) is 5.75 Å². The number of nitrogens with two attached hydrogens (primary N) is 1. The summed E-state index contributed by atoms with van der Waals surface area (Å²) in [7, 11) is 0. The van der Waals surface area contributed by atoms with E-state index in [1.807, 2.05) is 6.07 Å². The Morgan fingerprint density at radius 2 is 1.79 bits per heavy atom. The van der Waals surface area contributed by atoms with E-state index in [9.17, 15) is 34.8 Å². The van der Waals surface area contributed by atoms with Crippen LogP contribution in [0.4, 0.5) is 5.69 Å². The number of phenols is 1. The van der Waals surface area contributed by atoms with Gasteiger partial charge in [0.1, 0.15) is 22.8 Å². The molecule has 11 heteroatoms. The van der Waals surface area contributed by atoms with E-state index in [-0.39, 0.29) is 29.3 Å². The molecular weight excluding hydrogens is 506 g/mol. The number of amides is 1. The molecule has 3 aliphatic carbocycles. The smallest absolute Gasteiger partial charge is 0.255 e. The Morgan fingerprint density at radius 1 is 1.10 bits per heavy atom. The molecule has 5 aliphatic rings. The average Bonchev–Trinajstić information content (AvgIpc) is 3.44. The molecule has 1 saturated carbocycles. The van der Waals surface area contributed by atoms with Crippen molar-refractivity contribution < 1.29 is 39.5 Å². The lowest BCUT2D eigenvalue weighted by Crippen LogP contribution is -2.67. The Balaban J connectivity index is 1.48. The molecule has 0 spiro atoms. The normalized spacial score (nSPS) is 31.3. The van der Waals surface area contributed by atoms with E-state index < -0.39 is 58.0 Å². The predicted molar refractivity (Wildman–Crippen MR) is 139 cm³/mol. The average molecular weight is 540 g/mol. The number of nitrogens with one attached hydrogen (secondary N) is 1. The molecule has 4 unspecified atom stereocenters. The van der Waals surface area contributed by atoms with Crippen molar-refractivity contribution in [3.63, 3.8) is 0 Å². The van der Waals surface area contributed by atoms with Crippen LogP contribution < -0.4 is 16.0 Å². The maximum atomic E-state index is 14.0. The maximum absolute atomic E-state index is 14.0. The number of aliphatic hydroxyl groups excluding tert-OH is 2. The van der Waals surface area contributed by atoms with Gasteiger partial charge in [0.15, 0.2) is 11.4 Å². The van der Waals surface area contributed by atoms with Crippen LogP contribution in [0.15, 0.2) is 29.0 Å². The number of carbonyl (C=O) groups is 3. The molecule has 208 valence electrons. The zero-order valence-electron chi connectivity index (χ0n) is 21.5. The molecule has 4 atom stereocenters. The number of hydrogen-bond donors (Lipinski definition) is 6. The van der Waals surface area contributed by atoms with Gasteiger partial charge in [-0.3, -0.25) is 14.4 Å². The van der Waals surface area contributed by atoms with E-state index in [0.717, 1.165) is 31.6 Å². The summed E-state index contributed by atoms with van der Waals surface area (Å²) in [5.41, 5.74) is 3.54. The molecule has 1 aromatic carbocycles. The zero-order chi connectivity index (χ0) is 27.6. The van der Waals surface area contributed by atoms with Gasteiger partial charge >= 0.3 is 0 Å². The number of fused-ring (bicyclic) bond motifs is 3. The maximum Gasteiger partial charge on any atom is 0.255 e. The Kier molecular flexibility index (Phi) is 6.20. The second-order valence-electron chi connectivity index (χ2n) is 11.2. The van der Waals surface area contributed by atoms with Gasteiger partial charge in [-0.1, -0.05) is 0 Å². The van der Waals surface area contributed by atoms with E-state index in [4.69, 9.17) is 10.5 Å². The van der Waals surface area contributed by atoms with Crippen molar-refractivity contribution in [2.45, 2.75) is 56.2 Å². The summed E-state index contributed by atoms with van der Waals surface area (Å²) < 4.78 is 5.40. The van der Waals surface area contributed by atoms with Crippen molar-refractivity contribution in [3.05, 3.63) is 40.2 Å². The summed E-state index contributed by atoms with van der Waals surface area (Å²) in [6.07, 6.45) is 3.58. The zero-order valence-corrected chi connectivity index (χ0v) is 21.5. The number of benzene rings is 1. The number of anilines is 1. The molecule has 7 N–H and O–H groups in total. The van der Waals surface area contributed by atoms with Gasteiger partial charge in [0.2, 0.25) is 5.78 Å². The molecule has 2 saturated heterocycles. The molecule has 0 aromatic heterocycles. The lowest BCUT2D eigenvalue weighted by Gasteiger charge is -2.50. The van der Waals surface area contributed by atoms with Gasteiger partial charge in [-0.25, -0.2) is 0 Å². The number of primary amides is 1. The SMILES string of the molecule is NC(=O)C1=C(O)C2(O)C(=O)C3=C(O)c4c(O)ccc(N5CCCC5)c4CC3CC2C(NC2CCOCC2)C1=O. The van der Waals surface area contributed by atoms with Crippen molar-refractivity contribution in [2.24, 2.45) is 17.6 Å². The van der Waals surface area contributed by atoms with Gasteiger partial charge in [-0.2, -0.15) is 0 Å². The summed E-state index contributed by atoms with van der Waals surface area (Å²) >= 11 is 0. The summed E-state index contributed by atoms with van der Waals surface area (Å²) in [6, 6.07) is 1.96. The molecule has 6 rings (SSSR count). The standard InChI is InChI=1S/C28H33N3O8/c29-27(37)21-24(34)22(30-14-5-9-39-10-6-14)16-12-13-11-15-17(31-7-1-2-8-31)3-4-18(32)20(15)23(33)19(13)25(35)28(16,38)26(21)36/h3-4,13-14,16,22,30,32-33,36,38H,1-2,5-12H2,(H2,29,37). The van der Waals surface area contributed by atoms with Crippen molar-refractivity contribution in [2.75, 3.05) is 31.2 Å². The van der Waals surface area contributed by atoms with E-state index >= 15 is 0 Å². The van der Waals surface area contributed by atoms with Gasteiger partial charge in [-0.15, -0.1) is 0 Å². The van der Waals surface area contributed by atoms with Crippen molar-refractivity contribution >= 4 is 28.9 Å². The van der Waals surface area contributed by atoms with Gasteiger partial charge in [0.25, 0.3) is 5.91 Å². The summed E-state index contributed by atoms with van der Waals surface area (Å²) in [5, 5.41) is 48.3. The number of nitrogens with zero attached hydrogens (tertiary/aromatic N) is 1. The third kappa shape index (κ3) is 3.78. The predicted octanol–water partition coefficient (Wildman–Crippen LogP) is 0.771. The Bertz CT molecular complexity index is 1320. The quantitative estimate of drug-likeness (QED) is 0.299. The molecule has 3 fully saturated rings. The van der Waals surface area contributed by atoms with Gasteiger partial charge in [0.05, 0.1) is 11.6 Å². The van der Waals surface area contributed by atoms with Crippen LogP contribution in [-0.4, -0.2) is 81.9 Å². The van der Waals surface area contributed by atoms with E-state index in [1.165, 1.54) is 6.07 Å². The number of aliphatic hydroxyl groups is 3. The molecule has 0 radical (unpaired) electrons. The van der Waals surface area contributed by atoms with Crippen LogP contribution in [-0.2, 0) is 25.5 Å². The molecule has 2 aliphatic heterocycles. The minimum atomic E-state index is -2.65. The molecule has 11 nitrogen and oxygen atoms in total. The van der Waals surface area contributed by atoms with Crippen molar-refractivity contribution in [1.29, 1.82) is 0 Å². The first-order chi connectivity index (χ1) is 18.6. The lowest BCUT2D eigenvalue weighted by atomic mass is 9.57. The first kappa shape index (κ1) is 25.8. The molecule has 1 aromatic rings. The minimum absolute atomic E-state index is 0.0684. The van der Waals surface area contributed by atoms with Crippen LogP contribution in [0.3, 0.4) is 0 Å². The van der Waals surface area contributed by atoms with E-state index in [1.54, 1.807) is 0 Å². The molecule has 0 bridgehead atoms. The Hall–Kier alpha value is -3.41.